The molecular weight excluding hydrogens is 222 g/mol. The number of halogens is 1. The maximum atomic E-state index is 11.7. The zero-order chi connectivity index (χ0) is 10.8. The predicted molar refractivity (Wildman–Crippen MR) is 59.1 cm³/mol. The van der Waals surface area contributed by atoms with E-state index in [1.165, 1.54) is 4.31 Å². The molecule has 0 aromatic rings. The standard InChI is InChI=1S/C9H18ClNO2S/c1-8(10)5-6-11(2)14(12,13)7-9-3-4-9/h8-9H,3-7H2,1-2H3. The molecule has 1 atom stereocenters. The van der Waals surface area contributed by atoms with Crippen LogP contribution in [0.4, 0.5) is 0 Å². The molecular formula is C9H18ClNO2S. The van der Waals surface area contributed by atoms with Gasteiger partial charge in [-0.25, -0.2) is 12.7 Å². The van der Waals surface area contributed by atoms with Crippen molar-refractivity contribution in [1.82, 2.24) is 4.31 Å². The number of sulfonamides is 1. The maximum absolute atomic E-state index is 11.7. The highest BCUT2D eigenvalue weighted by molar-refractivity contribution is 7.89. The zero-order valence-corrected chi connectivity index (χ0v) is 10.3. The summed E-state index contributed by atoms with van der Waals surface area (Å²) in [5, 5.41) is 0.0357. The van der Waals surface area contributed by atoms with E-state index in [1.807, 2.05) is 6.92 Å². The van der Waals surface area contributed by atoms with Crippen molar-refractivity contribution >= 4 is 21.6 Å². The highest BCUT2D eigenvalue weighted by Gasteiger charge is 2.30. The number of rotatable bonds is 6. The van der Waals surface area contributed by atoms with Crippen molar-refractivity contribution in [3.8, 4) is 0 Å². The smallest absolute Gasteiger partial charge is 0.212 e. The summed E-state index contributed by atoms with van der Waals surface area (Å²) in [6.07, 6.45) is 2.85. The molecule has 0 aromatic heterocycles. The summed E-state index contributed by atoms with van der Waals surface area (Å²) in [6, 6.07) is 0. The van der Waals surface area contributed by atoms with Crippen LogP contribution in [0.3, 0.4) is 0 Å². The van der Waals surface area contributed by atoms with E-state index >= 15 is 0 Å². The molecule has 0 bridgehead atoms. The van der Waals surface area contributed by atoms with Gasteiger partial charge in [0.05, 0.1) is 5.75 Å². The SMILES string of the molecule is CC(Cl)CCN(C)S(=O)(=O)CC1CC1. The van der Waals surface area contributed by atoms with Crippen molar-refractivity contribution in [2.45, 2.75) is 31.6 Å². The second-order valence-corrected chi connectivity index (χ2v) is 6.98. The Morgan fingerprint density at radius 1 is 1.50 bits per heavy atom. The summed E-state index contributed by atoms with van der Waals surface area (Å²) in [7, 11) is -1.38. The Labute approximate surface area is 91.5 Å². The lowest BCUT2D eigenvalue weighted by Gasteiger charge is -2.17. The van der Waals surface area contributed by atoms with Gasteiger partial charge in [0, 0.05) is 19.0 Å². The minimum Gasteiger partial charge on any atom is -0.212 e. The summed E-state index contributed by atoms with van der Waals surface area (Å²) in [6.45, 7) is 2.41. The van der Waals surface area contributed by atoms with Crippen LogP contribution in [0.2, 0.25) is 0 Å². The molecule has 1 aliphatic carbocycles. The molecule has 1 saturated carbocycles. The van der Waals surface area contributed by atoms with Crippen LogP contribution in [0.1, 0.15) is 26.2 Å². The first-order chi connectivity index (χ1) is 6.42. The van der Waals surface area contributed by atoms with E-state index in [1.54, 1.807) is 7.05 Å². The molecule has 0 heterocycles. The molecule has 0 radical (unpaired) electrons. The van der Waals surface area contributed by atoms with Crippen molar-refractivity contribution in [1.29, 1.82) is 0 Å². The molecule has 0 aliphatic heterocycles. The molecule has 0 aromatic carbocycles. The summed E-state index contributed by atoms with van der Waals surface area (Å²) in [4.78, 5) is 0. The Kier molecular flexibility index (Phi) is 4.22. The molecule has 14 heavy (non-hydrogen) atoms. The van der Waals surface area contributed by atoms with Gasteiger partial charge in [-0.2, -0.15) is 0 Å². The van der Waals surface area contributed by atoms with E-state index in [2.05, 4.69) is 0 Å². The lowest BCUT2D eigenvalue weighted by Crippen LogP contribution is -2.31. The van der Waals surface area contributed by atoms with Crippen LogP contribution in [0.15, 0.2) is 0 Å². The van der Waals surface area contributed by atoms with Gasteiger partial charge in [0.2, 0.25) is 10.0 Å². The van der Waals surface area contributed by atoms with Crippen LogP contribution in [0, 0.1) is 5.92 Å². The van der Waals surface area contributed by atoms with Crippen molar-refractivity contribution in [3.63, 3.8) is 0 Å². The van der Waals surface area contributed by atoms with Gasteiger partial charge in [-0.15, -0.1) is 11.6 Å². The first-order valence-corrected chi connectivity index (χ1v) is 7.04. The minimum absolute atomic E-state index is 0.0357. The van der Waals surface area contributed by atoms with Crippen molar-refractivity contribution in [3.05, 3.63) is 0 Å². The van der Waals surface area contributed by atoms with Crippen LogP contribution in [0.5, 0.6) is 0 Å². The third-order valence-electron chi connectivity index (χ3n) is 2.46. The fourth-order valence-corrected chi connectivity index (χ4v) is 2.87. The van der Waals surface area contributed by atoms with Crippen LogP contribution in [-0.4, -0.2) is 37.4 Å². The third kappa shape index (κ3) is 4.15. The Morgan fingerprint density at radius 2 is 2.07 bits per heavy atom. The van der Waals surface area contributed by atoms with Crippen molar-refractivity contribution < 1.29 is 8.42 Å². The average Bonchev–Trinajstić information content (AvgIpc) is 2.82. The Hall–Kier alpha value is 0.200. The molecule has 5 heteroatoms. The monoisotopic (exact) mass is 239 g/mol. The van der Waals surface area contributed by atoms with Gasteiger partial charge in [0.15, 0.2) is 0 Å². The normalized spacial score (nSPS) is 20.0. The minimum atomic E-state index is -3.02. The van der Waals surface area contributed by atoms with Crippen LogP contribution in [-0.2, 0) is 10.0 Å². The highest BCUT2D eigenvalue weighted by Crippen LogP contribution is 2.30. The molecule has 0 spiro atoms. The lowest BCUT2D eigenvalue weighted by molar-refractivity contribution is 0.458. The summed E-state index contributed by atoms with van der Waals surface area (Å²) in [5.74, 6) is 0.732. The van der Waals surface area contributed by atoms with Gasteiger partial charge in [0.1, 0.15) is 0 Å². The lowest BCUT2D eigenvalue weighted by atomic mass is 10.3. The van der Waals surface area contributed by atoms with E-state index in [4.69, 9.17) is 11.6 Å². The summed E-state index contributed by atoms with van der Waals surface area (Å²) < 4.78 is 24.8. The number of alkyl halides is 1. The van der Waals surface area contributed by atoms with E-state index < -0.39 is 10.0 Å². The summed E-state index contributed by atoms with van der Waals surface area (Å²) in [5.41, 5.74) is 0. The van der Waals surface area contributed by atoms with Crippen LogP contribution < -0.4 is 0 Å². The van der Waals surface area contributed by atoms with Crippen molar-refractivity contribution in [2.75, 3.05) is 19.3 Å². The molecule has 1 fully saturated rings. The Bertz CT molecular complexity index is 273. The third-order valence-corrected chi connectivity index (χ3v) is 4.70. The summed E-state index contributed by atoms with van der Waals surface area (Å²) >= 11 is 5.77. The molecule has 0 saturated heterocycles. The average molecular weight is 240 g/mol. The van der Waals surface area contributed by atoms with Crippen molar-refractivity contribution in [2.24, 2.45) is 5.92 Å². The van der Waals surface area contributed by atoms with Crippen LogP contribution in [0.25, 0.3) is 0 Å². The van der Waals surface area contributed by atoms with Gasteiger partial charge in [-0.05, 0) is 32.1 Å². The second-order valence-electron chi connectivity index (χ2n) is 4.11. The number of nitrogens with zero attached hydrogens (tertiary/aromatic N) is 1. The largest absolute Gasteiger partial charge is 0.214 e. The fraction of sp³-hybridized carbons (Fsp3) is 1.00. The topological polar surface area (TPSA) is 37.4 Å². The van der Waals surface area contributed by atoms with Gasteiger partial charge >= 0.3 is 0 Å². The fourth-order valence-electron chi connectivity index (χ4n) is 1.21. The zero-order valence-electron chi connectivity index (χ0n) is 8.74. The number of hydrogen-bond donors (Lipinski definition) is 0. The highest BCUT2D eigenvalue weighted by atomic mass is 35.5. The van der Waals surface area contributed by atoms with Crippen LogP contribution >= 0.6 is 11.6 Å². The van der Waals surface area contributed by atoms with Gasteiger partial charge in [0.25, 0.3) is 0 Å². The van der Waals surface area contributed by atoms with Gasteiger partial charge in [-0.1, -0.05) is 0 Å². The molecule has 1 rings (SSSR count). The first-order valence-electron chi connectivity index (χ1n) is 5.00. The molecule has 1 aliphatic rings. The number of hydrogen-bond acceptors (Lipinski definition) is 2. The molecule has 0 amide bonds. The molecule has 84 valence electrons. The molecule has 0 N–H and O–H groups in total. The van der Waals surface area contributed by atoms with E-state index in [9.17, 15) is 8.42 Å². The van der Waals surface area contributed by atoms with Gasteiger partial charge < -0.3 is 0 Å². The molecule has 3 nitrogen and oxygen atoms in total. The van der Waals surface area contributed by atoms with E-state index in [0.717, 1.165) is 12.8 Å². The first kappa shape index (κ1) is 12.3. The van der Waals surface area contributed by atoms with E-state index in [0.29, 0.717) is 24.6 Å². The second kappa shape index (κ2) is 4.81. The molecule has 1 unspecified atom stereocenters. The van der Waals surface area contributed by atoms with Gasteiger partial charge in [-0.3, -0.25) is 0 Å². The Balaban J connectivity index is 2.36. The quantitative estimate of drug-likeness (QED) is 0.662. The predicted octanol–water partition coefficient (Wildman–Crippen LogP) is 1.68. The van der Waals surface area contributed by atoms with E-state index in [-0.39, 0.29) is 5.38 Å². The maximum Gasteiger partial charge on any atom is 0.214 e. The Morgan fingerprint density at radius 3 is 2.50 bits per heavy atom.